The van der Waals surface area contributed by atoms with E-state index in [9.17, 15) is 9.59 Å². The summed E-state index contributed by atoms with van der Waals surface area (Å²) in [7, 11) is 0. The summed E-state index contributed by atoms with van der Waals surface area (Å²) >= 11 is 0. The van der Waals surface area contributed by atoms with E-state index < -0.39 is 11.4 Å². The fourth-order valence-electron chi connectivity index (χ4n) is 1.14. The van der Waals surface area contributed by atoms with Crippen LogP contribution in [0.2, 0.25) is 0 Å². The average Bonchev–Trinajstić information content (AvgIpc) is 2.20. The summed E-state index contributed by atoms with van der Waals surface area (Å²) in [6, 6.07) is 0. The van der Waals surface area contributed by atoms with Gasteiger partial charge >= 0.3 is 0 Å². The van der Waals surface area contributed by atoms with Crippen LogP contribution < -0.4 is 16.6 Å². The molecule has 16 heavy (non-hydrogen) atoms. The number of amides is 1. The van der Waals surface area contributed by atoms with Crippen molar-refractivity contribution in [2.24, 2.45) is 5.73 Å². The number of aryl methyl sites for hydroxylation is 1. The standard InChI is InChI=1S/C10H16N4O2/c1-4-14-6-5-12-7(8(14)15)13-10(2,3)9(11)16/h5-6H,4H2,1-3H3,(H2,11,16)(H,12,13). The van der Waals surface area contributed by atoms with Gasteiger partial charge in [-0.25, -0.2) is 4.98 Å². The Morgan fingerprint density at radius 2 is 2.25 bits per heavy atom. The Kier molecular flexibility index (Phi) is 3.31. The summed E-state index contributed by atoms with van der Waals surface area (Å²) in [5.74, 6) is -0.409. The topological polar surface area (TPSA) is 90.0 Å². The molecule has 88 valence electrons. The highest BCUT2D eigenvalue weighted by Crippen LogP contribution is 2.07. The summed E-state index contributed by atoms with van der Waals surface area (Å²) in [5, 5.41) is 2.74. The first-order valence-corrected chi connectivity index (χ1v) is 5.02. The van der Waals surface area contributed by atoms with Gasteiger partial charge in [0.05, 0.1) is 0 Å². The number of nitrogens with one attached hydrogen (secondary N) is 1. The third kappa shape index (κ3) is 2.39. The Labute approximate surface area is 93.5 Å². The van der Waals surface area contributed by atoms with E-state index in [2.05, 4.69) is 10.3 Å². The van der Waals surface area contributed by atoms with Crippen molar-refractivity contribution in [2.75, 3.05) is 5.32 Å². The van der Waals surface area contributed by atoms with Gasteiger partial charge in [-0.3, -0.25) is 9.59 Å². The fraction of sp³-hybridized carbons (Fsp3) is 0.500. The molecule has 1 amide bonds. The molecule has 0 fully saturated rings. The smallest absolute Gasteiger partial charge is 0.293 e. The van der Waals surface area contributed by atoms with Crippen LogP contribution in [-0.2, 0) is 11.3 Å². The molecule has 1 heterocycles. The lowest BCUT2D eigenvalue weighted by Crippen LogP contribution is -2.46. The normalized spacial score (nSPS) is 11.2. The van der Waals surface area contributed by atoms with Crippen molar-refractivity contribution in [3.8, 4) is 0 Å². The van der Waals surface area contributed by atoms with Gasteiger partial charge in [0.2, 0.25) is 5.91 Å². The fourth-order valence-corrected chi connectivity index (χ4v) is 1.14. The van der Waals surface area contributed by atoms with Crippen LogP contribution in [0.25, 0.3) is 0 Å². The van der Waals surface area contributed by atoms with Crippen LogP contribution in [-0.4, -0.2) is 21.0 Å². The Morgan fingerprint density at radius 3 is 2.75 bits per heavy atom. The molecule has 1 aromatic rings. The van der Waals surface area contributed by atoms with Crippen molar-refractivity contribution in [2.45, 2.75) is 32.9 Å². The lowest BCUT2D eigenvalue weighted by atomic mass is 10.1. The quantitative estimate of drug-likeness (QED) is 0.749. The molecule has 0 aliphatic carbocycles. The van der Waals surface area contributed by atoms with Crippen LogP contribution in [0, 0.1) is 0 Å². The van der Waals surface area contributed by atoms with Crippen molar-refractivity contribution in [1.29, 1.82) is 0 Å². The zero-order valence-electron chi connectivity index (χ0n) is 9.65. The molecule has 0 atom stereocenters. The number of rotatable bonds is 4. The molecule has 0 bridgehead atoms. The summed E-state index contributed by atoms with van der Waals surface area (Å²) in [6.45, 7) is 5.59. The number of nitrogens with two attached hydrogens (primary N) is 1. The minimum Gasteiger partial charge on any atom is -0.368 e. The Hall–Kier alpha value is -1.85. The third-order valence-corrected chi connectivity index (χ3v) is 2.30. The second-order valence-electron chi connectivity index (χ2n) is 3.98. The van der Waals surface area contributed by atoms with Crippen LogP contribution in [0.5, 0.6) is 0 Å². The van der Waals surface area contributed by atoms with E-state index in [1.165, 1.54) is 10.8 Å². The van der Waals surface area contributed by atoms with Gasteiger partial charge in [0.25, 0.3) is 5.56 Å². The van der Waals surface area contributed by atoms with E-state index in [4.69, 9.17) is 5.73 Å². The lowest BCUT2D eigenvalue weighted by molar-refractivity contribution is -0.121. The van der Waals surface area contributed by atoms with Crippen molar-refractivity contribution in [3.63, 3.8) is 0 Å². The van der Waals surface area contributed by atoms with Gasteiger partial charge in [0, 0.05) is 18.9 Å². The molecule has 0 saturated carbocycles. The number of carbonyl (C=O) groups is 1. The number of carbonyl (C=O) groups excluding carboxylic acids is 1. The number of hydrogen-bond donors (Lipinski definition) is 2. The van der Waals surface area contributed by atoms with Crippen LogP contribution in [0.3, 0.4) is 0 Å². The van der Waals surface area contributed by atoms with Gasteiger partial charge in [-0.15, -0.1) is 0 Å². The SMILES string of the molecule is CCn1ccnc(NC(C)(C)C(N)=O)c1=O. The first-order valence-electron chi connectivity index (χ1n) is 5.02. The molecule has 1 rings (SSSR count). The zero-order valence-corrected chi connectivity index (χ0v) is 9.65. The first-order chi connectivity index (χ1) is 7.38. The molecule has 0 saturated heterocycles. The summed E-state index contributed by atoms with van der Waals surface area (Å²) in [6.07, 6.45) is 3.09. The van der Waals surface area contributed by atoms with Crippen LogP contribution >= 0.6 is 0 Å². The number of primary amides is 1. The molecular formula is C10H16N4O2. The summed E-state index contributed by atoms with van der Waals surface area (Å²) in [4.78, 5) is 26.8. The van der Waals surface area contributed by atoms with E-state index >= 15 is 0 Å². The van der Waals surface area contributed by atoms with Crippen LogP contribution in [0.15, 0.2) is 17.2 Å². The molecule has 6 nitrogen and oxygen atoms in total. The maximum Gasteiger partial charge on any atom is 0.293 e. The number of aromatic nitrogens is 2. The predicted octanol–water partition coefficient (Wildman–Crippen LogP) is -0.0610. The van der Waals surface area contributed by atoms with Gasteiger partial charge in [-0.1, -0.05) is 0 Å². The molecule has 1 aromatic heterocycles. The predicted molar refractivity (Wildman–Crippen MR) is 61.1 cm³/mol. The van der Waals surface area contributed by atoms with Crippen LogP contribution in [0.4, 0.5) is 5.82 Å². The summed E-state index contributed by atoms with van der Waals surface area (Å²) in [5.41, 5.74) is 3.94. The van der Waals surface area contributed by atoms with Gasteiger partial charge in [-0.2, -0.15) is 0 Å². The minimum absolute atomic E-state index is 0.133. The Morgan fingerprint density at radius 1 is 1.62 bits per heavy atom. The maximum atomic E-state index is 11.8. The molecule has 0 aromatic carbocycles. The highest BCUT2D eigenvalue weighted by Gasteiger charge is 2.26. The van der Waals surface area contributed by atoms with Crippen LogP contribution in [0.1, 0.15) is 20.8 Å². The molecule has 0 aliphatic rings. The number of hydrogen-bond acceptors (Lipinski definition) is 4. The van der Waals surface area contributed by atoms with E-state index in [0.717, 1.165) is 0 Å². The largest absolute Gasteiger partial charge is 0.368 e. The van der Waals surface area contributed by atoms with Gasteiger partial charge in [0.1, 0.15) is 5.54 Å². The minimum atomic E-state index is -1.00. The molecule has 3 N–H and O–H groups in total. The van der Waals surface area contributed by atoms with Gasteiger partial charge in [0.15, 0.2) is 5.82 Å². The number of anilines is 1. The molecule has 0 radical (unpaired) electrons. The van der Waals surface area contributed by atoms with Crippen molar-refractivity contribution in [3.05, 3.63) is 22.7 Å². The highest BCUT2D eigenvalue weighted by atomic mass is 16.2. The maximum absolute atomic E-state index is 11.8. The van der Waals surface area contributed by atoms with Gasteiger partial charge < -0.3 is 15.6 Å². The monoisotopic (exact) mass is 224 g/mol. The van der Waals surface area contributed by atoms with Gasteiger partial charge in [-0.05, 0) is 20.8 Å². The van der Waals surface area contributed by atoms with E-state index in [1.807, 2.05) is 6.92 Å². The molecular weight excluding hydrogens is 208 g/mol. The first kappa shape index (κ1) is 12.2. The van der Waals surface area contributed by atoms with E-state index in [-0.39, 0.29) is 11.4 Å². The van der Waals surface area contributed by atoms with E-state index in [0.29, 0.717) is 6.54 Å². The van der Waals surface area contributed by atoms with Crippen molar-refractivity contribution < 1.29 is 4.79 Å². The Balaban J connectivity index is 3.08. The van der Waals surface area contributed by atoms with Crippen molar-refractivity contribution >= 4 is 11.7 Å². The average molecular weight is 224 g/mol. The molecule has 0 spiro atoms. The summed E-state index contributed by atoms with van der Waals surface area (Å²) < 4.78 is 1.49. The highest BCUT2D eigenvalue weighted by molar-refractivity contribution is 5.86. The number of nitrogens with zero attached hydrogens (tertiary/aromatic N) is 2. The van der Waals surface area contributed by atoms with E-state index in [1.54, 1.807) is 20.0 Å². The molecule has 0 unspecified atom stereocenters. The third-order valence-electron chi connectivity index (χ3n) is 2.30. The second-order valence-corrected chi connectivity index (χ2v) is 3.98. The van der Waals surface area contributed by atoms with Crippen molar-refractivity contribution in [1.82, 2.24) is 9.55 Å². The molecule has 0 aliphatic heterocycles. The Bertz CT molecular complexity index is 450. The molecule has 6 heteroatoms. The lowest BCUT2D eigenvalue weighted by Gasteiger charge is -2.22. The zero-order chi connectivity index (χ0) is 12.3. The second kappa shape index (κ2) is 4.34.